The molecule has 0 aliphatic rings. The zero-order valence-corrected chi connectivity index (χ0v) is 25.9. The van der Waals surface area contributed by atoms with Gasteiger partial charge in [0.05, 0.1) is 5.48 Å². The number of benzene rings is 8. The van der Waals surface area contributed by atoms with E-state index in [-0.39, 0.29) is 35.4 Å². The molecule has 9 rings (SSSR count). The summed E-state index contributed by atoms with van der Waals surface area (Å²) >= 11 is 0. The van der Waals surface area contributed by atoms with Gasteiger partial charge in [0.15, 0.2) is 0 Å². The summed E-state index contributed by atoms with van der Waals surface area (Å²) < 4.78 is 44.0. The highest BCUT2D eigenvalue weighted by molar-refractivity contribution is 6.09. The third kappa shape index (κ3) is 4.92. The Morgan fingerprint density at radius 1 is 0.396 bits per heavy atom. The van der Waals surface area contributed by atoms with Crippen molar-refractivity contribution < 1.29 is 9.90 Å². The smallest absolute Gasteiger partial charge is 0.143 e. The molecule has 1 heterocycles. The van der Waals surface area contributed by atoms with Gasteiger partial charge in [-0.25, -0.2) is 0 Å². The Morgan fingerprint density at radius 2 is 1.02 bits per heavy atom. The van der Waals surface area contributed by atoms with Crippen molar-refractivity contribution in [3.8, 4) is 33.4 Å². The first-order valence-corrected chi connectivity index (χ1v) is 16.0. The minimum atomic E-state index is -0.124. The summed E-state index contributed by atoms with van der Waals surface area (Å²) in [6.45, 7) is 0. The Labute approximate surface area is 285 Å². The summed E-state index contributed by atoms with van der Waals surface area (Å²) in [5.41, 5.74) is 8.03. The second-order valence-electron chi connectivity index (χ2n) is 11.8. The lowest BCUT2D eigenvalue weighted by Gasteiger charge is -2.26. The first-order chi connectivity index (χ1) is 25.5. The molecule has 0 aliphatic heterocycles. The van der Waals surface area contributed by atoms with Crippen LogP contribution in [0.15, 0.2) is 192 Å². The Kier molecular flexibility index (Phi) is 5.85. The summed E-state index contributed by atoms with van der Waals surface area (Å²) in [6, 6.07) is 53.4. The van der Waals surface area contributed by atoms with Crippen molar-refractivity contribution in [2.75, 3.05) is 4.90 Å². The number of hydrogen-bond acceptors (Lipinski definition) is 2. The largest absolute Gasteiger partial charge is 0.455 e. The van der Waals surface area contributed by atoms with Crippen LogP contribution < -0.4 is 4.90 Å². The van der Waals surface area contributed by atoms with Gasteiger partial charge in [-0.15, -0.1) is 0 Å². The van der Waals surface area contributed by atoms with Crippen molar-refractivity contribution in [2.45, 2.75) is 0 Å². The van der Waals surface area contributed by atoms with E-state index in [1.807, 2.05) is 144 Å². The Morgan fingerprint density at radius 3 is 1.88 bits per heavy atom. The van der Waals surface area contributed by atoms with Gasteiger partial charge in [-0.05, 0) is 81.0 Å². The maximum Gasteiger partial charge on any atom is 0.143 e. The summed E-state index contributed by atoms with van der Waals surface area (Å²) in [7, 11) is 0. The van der Waals surface area contributed by atoms with E-state index in [4.69, 9.17) is 4.42 Å². The first kappa shape index (κ1) is 23.9. The van der Waals surface area contributed by atoms with Gasteiger partial charge < -0.3 is 9.32 Å². The van der Waals surface area contributed by atoms with Gasteiger partial charge >= 0.3 is 0 Å². The molecule has 2 heteroatoms. The first-order valence-electron chi connectivity index (χ1n) is 18.0. The molecule has 0 radical (unpaired) electrons. The number of anilines is 3. The van der Waals surface area contributed by atoms with E-state index in [9.17, 15) is 5.48 Å². The molecule has 48 heavy (non-hydrogen) atoms. The van der Waals surface area contributed by atoms with E-state index >= 15 is 0 Å². The number of para-hydroxylation sites is 2. The van der Waals surface area contributed by atoms with Gasteiger partial charge in [-0.2, -0.15) is 0 Å². The average molecular weight is 618 g/mol. The highest BCUT2D eigenvalue weighted by atomic mass is 16.3. The average Bonchev–Trinajstić information content (AvgIpc) is 3.58. The molecule has 9 aromatic rings. The SMILES string of the molecule is [2H]c1c([2H])c(N(c2ccc(-c3ccccc3)cc2)c2cccc(-c3cccc4c3oc3ccccc34)c2)c([2H])c([2H])c1-c1cccc2ccccc12. The van der Waals surface area contributed by atoms with E-state index in [1.165, 1.54) is 0 Å². The van der Waals surface area contributed by atoms with Gasteiger partial charge in [0, 0.05) is 33.4 Å². The predicted octanol–water partition coefficient (Wildman–Crippen LogP) is 13.2. The minimum Gasteiger partial charge on any atom is -0.455 e. The van der Waals surface area contributed by atoms with E-state index in [2.05, 4.69) is 24.3 Å². The van der Waals surface area contributed by atoms with Gasteiger partial charge in [-0.3, -0.25) is 0 Å². The van der Waals surface area contributed by atoms with Crippen LogP contribution in [0, 0.1) is 0 Å². The molecular weight excluding hydrogens is 583 g/mol. The number of hydrogen-bond donors (Lipinski definition) is 0. The van der Waals surface area contributed by atoms with Gasteiger partial charge in [0.2, 0.25) is 0 Å². The third-order valence-electron chi connectivity index (χ3n) is 8.95. The molecule has 0 bridgehead atoms. The predicted molar refractivity (Wildman–Crippen MR) is 202 cm³/mol. The molecule has 2 nitrogen and oxygen atoms in total. The Balaban J connectivity index is 1.25. The van der Waals surface area contributed by atoms with Crippen molar-refractivity contribution in [1.29, 1.82) is 0 Å². The zero-order valence-electron chi connectivity index (χ0n) is 29.9. The molecule has 8 aromatic carbocycles. The second-order valence-corrected chi connectivity index (χ2v) is 11.8. The molecule has 0 aliphatic carbocycles. The molecule has 0 N–H and O–H groups in total. The lowest BCUT2D eigenvalue weighted by Crippen LogP contribution is -2.10. The third-order valence-corrected chi connectivity index (χ3v) is 8.95. The zero-order chi connectivity index (χ0) is 35.3. The van der Waals surface area contributed by atoms with Crippen molar-refractivity contribution in [2.24, 2.45) is 0 Å². The highest BCUT2D eigenvalue weighted by Crippen LogP contribution is 2.41. The Hall–Kier alpha value is -6.38. The minimum absolute atomic E-state index is 0.0959. The fraction of sp³-hybridized carbons (Fsp3) is 0. The number of rotatable bonds is 6. The maximum absolute atomic E-state index is 9.48. The second kappa shape index (κ2) is 11.8. The van der Waals surface area contributed by atoms with Crippen molar-refractivity contribution in [3.63, 3.8) is 0 Å². The van der Waals surface area contributed by atoms with E-state index < -0.39 is 0 Å². The van der Waals surface area contributed by atoms with Crippen molar-refractivity contribution in [1.82, 2.24) is 0 Å². The van der Waals surface area contributed by atoms with Gasteiger partial charge in [0.25, 0.3) is 0 Å². The van der Waals surface area contributed by atoms with E-state index in [0.29, 0.717) is 16.9 Å². The van der Waals surface area contributed by atoms with Crippen LogP contribution in [-0.4, -0.2) is 0 Å². The molecule has 0 saturated heterocycles. The van der Waals surface area contributed by atoms with Crippen LogP contribution in [0.25, 0.3) is 66.1 Å². The molecule has 0 amide bonds. The molecule has 226 valence electrons. The maximum atomic E-state index is 9.48. The monoisotopic (exact) mass is 617 g/mol. The van der Waals surface area contributed by atoms with Crippen LogP contribution in [0.2, 0.25) is 0 Å². The summed E-state index contributed by atoms with van der Waals surface area (Å²) in [6.07, 6.45) is 0. The van der Waals surface area contributed by atoms with Crippen LogP contribution in [0.3, 0.4) is 0 Å². The summed E-state index contributed by atoms with van der Waals surface area (Å²) in [5, 5.41) is 3.91. The number of furan rings is 1. The Bertz CT molecular complexity index is 2760. The summed E-state index contributed by atoms with van der Waals surface area (Å²) in [5.74, 6) is 0. The standard InChI is InChI=1S/C46H31NO/c1-2-11-32(12-3-1)33-23-27-37(28-24-33)47(38-29-25-35(26-30-38)41-19-9-14-34-13-4-5-17-40(34)41)39-16-8-15-36(31-39)42-20-10-21-44-43-18-6-7-22-45(43)48-46(42)44/h1-31H/i25D,26D,29D,30D. The van der Waals surface area contributed by atoms with E-state index in [1.54, 1.807) is 0 Å². The quantitative estimate of drug-likeness (QED) is 0.185. The van der Waals surface area contributed by atoms with Crippen LogP contribution in [0.5, 0.6) is 0 Å². The van der Waals surface area contributed by atoms with Crippen molar-refractivity contribution in [3.05, 3.63) is 188 Å². The van der Waals surface area contributed by atoms with Crippen LogP contribution in [-0.2, 0) is 0 Å². The van der Waals surface area contributed by atoms with Crippen LogP contribution >= 0.6 is 0 Å². The fourth-order valence-corrected chi connectivity index (χ4v) is 6.62. The molecule has 0 atom stereocenters. The molecule has 0 spiro atoms. The van der Waals surface area contributed by atoms with Gasteiger partial charge in [-0.1, -0.05) is 146 Å². The molecule has 0 fully saturated rings. The number of fused-ring (bicyclic) bond motifs is 4. The summed E-state index contributed by atoms with van der Waals surface area (Å²) in [4.78, 5) is 1.84. The topological polar surface area (TPSA) is 16.4 Å². The van der Waals surface area contributed by atoms with Crippen molar-refractivity contribution >= 4 is 49.8 Å². The molecular formula is C46H31NO. The highest BCUT2D eigenvalue weighted by Gasteiger charge is 2.17. The lowest BCUT2D eigenvalue weighted by atomic mass is 9.98. The normalized spacial score (nSPS) is 12.5. The molecule has 1 aromatic heterocycles. The fourth-order valence-electron chi connectivity index (χ4n) is 6.62. The number of nitrogens with zero attached hydrogens (tertiary/aromatic N) is 1. The van der Waals surface area contributed by atoms with Crippen LogP contribution in [0.4, 0.5) is 17.1 Å². The molecule has 0 unspecified atom stereocenters. The van der Waals surface area contributed by atoms with Gasteiger partial charge in [0.1, 0.15) is 11.2 Å². The lowest BCUT2D eigenvalue weighted by molar-refractivity contribution is 0.670. The van der Waals surface area contributed by atoms with Crippen LogP contribution in [0.1, 0.15) is 5.48 Å². The van der Waals surface area contributed by atoms with E-state index in [0.717, 1.165) is 55.0 Å². The molecule has 0 saturated carbocycles.